The Bertz CT molecular complexity index is 374. The summed E-state index contributed by atoms with van der Waals surface area (Å²) in [6.45, 7) is 1.55. The number of nitrogens with two attached hydrogens (primary N) is 1. The minimum absolute atomic E-state index is 0.317. The second kappa shape index (κ2) is 4.84. The number of rotatable bonds is 3. The third-order valence-corrected chi connectivity index (χ3v) is 3.07. The van der Waals surface area contributed by atoms with Gasteiger partial charge in [0, 0.05) is 19.1 Å². The van der Waals surface area contributed by atoms with Crippen molar-refractivity contribution in [2.75, 3.05) is 25.1 Å². The van der Waals surface area contributed by atoms with E-state index in [4.69, 9.17) is 22.1 Å². The number of halogens is 1. The number of ether oxygens (including phenoxy) is 1. The molecule has 88 valence electrons. The standard InChI is InChI=1S/C10H15ClN4O/c1-16-10-13-6-8(11)9(14-10)15-4-2-3-7(15)5-12/h6-7H,2-5,12H2,1H3. The summed E-state index contributed by atoms with van der Waals surface area (Å²) in [6.07, 6.45) is 3.76. The predicted octanol–water partition coefficient (Wildman–Crippen LogP) is 1.07. The van der Waals surface area contributed by atoms with Gasteiger partial charge in [-0.25, -0.2) is 4.98 Å². The summed E-state index contributed by atoms with van der Waals surface area (Å²) in [4.78, 5) is 10.4. The quantitative estimate of drug-likeness (QED) is 0.859. The molecule has 6 heteroatoms. The Morgan fingerprint density at radius 1 is 1.69 bits per heavy atom. The van der Waals surface area contributed by atoms with Crippen LogP contribution in [-0.4, -0.2) is 36.2 Å². The Kier molecular flexibility index (Phi) is 3.46. The van der Waals surface area contributed by atoms with Gasteiger partial charge in [-0.05, 0) is 12.8 Å². The van der Waals surface area contributed by atoms with Gasteiger partial charge in [-0.2, -0.15) is 4.98 Å². The summed E-state index contributed by atoms with van der Waals surface area (Å²) >= 11 is 6.09. The van der Waals surface area contributed by atoms with E-state index in [1.54, 1.807) is 6.20 Å². The van der Waals surface area contributed by atoms with Crippen LogP contribution >= 0.6 is 11.6 Å². The second-order valence-electron chi connectivity index (χ2n) is 3.75. The topological polar surface area (TPSA) is 64.3 Å². The van der Waals surface area contributed by atoms with Crippen molar-refractivity contribution in [2.24, 2.45) is 5.73 Å². The first-order chi connectivity index (χ1) is 7.76. The zero-order valence-corrected chi connectivity index (χ0v) is 9.94. The first kappa shape index (κ1) is 11.4. The predicted molar refractivity (Wildman–Crippen MR) is 63.0 cm³/mol. The fraction of sp³-hybridized carbons (Fsp3) is 0.600. The molecule has 2 N–H and O–H groups in total. The molecule has 1 unspecified atom stereocenters. The minimum atomic E-state index is 0.317. The zero-order valence-electron chi connectivity index (χ0n) is 9.19. The number of anilines is 1. The normalized spacial score (nSPS) is 20.2. The second-order valence-corrected chi connectivity index (χ2v) is 4.16. The molecule has 0 saturated carbocycles. The molecule has 0 aromatic carbocycles. The molecule has 0 bridgehead atoms. The van der Waals surface area contributed by atoms with Crippen LogP contribution in [0.3, 0.4) is 0 Å². The van der Waals surface area contributed by atoms with Crippen molar-refractivity contribution in [3.63, 3.8) is 0 Å². The summed E-state index contributed by atoms with van der Waals surface area (Å²) in [7, 11) is 1.54. The van der Waals surface area contributed by atoms with E-state index in [-0.39, 0.29) is 0 Å². The molecule has 16 heavy (non-hydrogen) atoms. The highest BCUT2D eigenvalue weighted by Gasteiger charge is 2.26. The van der Waals surface area contributed by atoms with Gasteiger partial charge in [0.25, 0.3) is 0 Å². The smallest absolute Gasteiger partial charge is 0.318 e. The van der Waals surface area contributed by atoms with Crippen LogP contribution in [0, 0.1) is 0 Å². The Balaban J connectivity index is 2.31. The molecule has 1 aliphatic rings. The lowest BCUT2D eigenvalue weighted by Gasteiger charge is -2.25. The maximum absolute atomic E-state index is 6.09. The molecule has 1 aliphatic heterocycles. The fourth-order valence-electron chi connectivity index (χ4n) is 2.00. The molecule has 0 spiro atoms. The van der Waals surface area contributed by atoms with Gasteiger partial charge in [0.1, 0.15) is 5.02 Å². The average Bonchev–Trinajstić information content (AvgIpc) is 2.77. The van der Waals surface area contributed by atoms with Gasteiger partial charge in [-0.1, -0.05) is 11.6 Å². The van der Waals surface area contributed by atoms with E-state index in [0.717, 1.165) is 25.2 Å². The van der Waals surface area contributed by atoms with Crippen LogP contribution in [0.15, 0.2) is 6.20 Å². The summed E-state index contributed by atoms with van der Waals surface area (Å²) in [5.74, 6) is 0.724. The van der Waals surface area contributed by atoms with E-state index in [2.05, 4.69) is 14.9 Å². The number of aromatic nitrogens is 2. The number of nitrogens with zero attached hydrogens (tertiary/aromatic N) is 3. The number of hydrogen-bond acceptors (Lipinski definition) is 5. The molecule has 1 atom stereocenters. The molecule has 1 saturated heterocycles. The highest BCUT2D eigenvalue weighted by atomic mass is 35.5. The fourth-order valence-corrected chi connectivity index (χ4v) is 2.20. The SMILES string of the molecule is COc1ncc(Cl)c(N2CCCC2CN)n1. The molecule has 2 rings (SSSR count). The van der Waals surface area contributed by atoms with Gasteiger partial charge in [-0.15, -0.1) is 0 Å². The third kappa shape index (κ3) is 2.05. The Morgan fingerprint density at radius 2 is 2.50 bits per heavy atom. The molecule has 5 nitrogen and oxygen atoms in total. The summed E-state index contributed by atoms with van der Waals surface area (Å²) in [5, 5.41) is 0.543. The molecule has 0 aliphatic carbocycles. The maximum atomic E-state index is 6.09. The maximum Gasteiger partial charge on any atom is 0.318 e. The Labute approximate surface area is 99.6 Å². The largest absolute Gasteiger partial charge is 0.467 e. The molecule has 2 heterocycles. The van der Waals surface area contributed by atoms with Gasteiger partial charge in [0.2, 0.25) is 0 Å². The first-order valence-electron chi connectivity index (χ1n) is 5.29. The van der Waals surface area contributed by atoms with Gasteiger partial charge in [0.05, 0.1) is 13.3 Å². The van der Waals surface area contributed by atoms with Crippen molar-refractivity contribution >= 4 is 17.4 Å². The molecule has 1 aromatic heterocycles. The van der Waals surface area contributed by atoms with Gasteiger partial charge < -0.3 is 15.4 Å². The van der Waals surface area contributed by atoms with Crippen LogP contribution in [0.5, 0.6) is 6.01 Å². The van der Waals surface area contributed by atoms with Crippen molar-refractivity contribution in [1.82, 2.24) is 9.97 Å². The molecule has 1 fully saturated rings. The monoisotopic (exact) mass is 242 g/mol. The Hall–Kier alpha value is -1.07. The van der Waals surface area contributed by atoms with Gasteiger partial charge >= 0.3 is 6.01 Å². The summed E-state index contributed by atoms with van der Waals surface area (Å²) < 4.78 is 5.00. The van der Waals surface area contributed by atoms with E-state index < -0.39 is 0 Å². The van der Waals surface area contributed by atoms with Crippen LogP contribution in [0.1, 0.15) is 12.8 Å². The highest BCUT2D eigenvalue weighted by Crippen LogP contribution is 2.30. The van der Waals surface area contributed by atoms with Crippen molar-refractivity contribution in [1.29, 1.82) is 0 Å². The zero-order chi connectivity index (χ0) is 11.5. The van der Waals surface area contributed by atoms with E-state index in [1.165, 1.54) is 7.11 Å². The van der Waals surface area contributed by atoms with Crippen LogP contribution in [0.25, 0.3) is 0 Å². The van der Waals surface area contributed by atoms with Crippen molar-refractivity contribution in [3.05, 3.63) is 11.2 Å². The van der Waals surface area contributed by atoms with E-state index in [1.807, 2.05) is 0 Å². The number of methoxy groups -OCH3 is 1. The van der Waals surface area contributed by atoms with Crippen LogP contribution in [-0.2, 0) is 0 Å². The molecule has 0 radical (unpaired) electrons. The lowest BCUT2D eigenvalue weighted by molar-refractivity contribution is 0.379. The van der Waals surface area contributed by atoms with Crippen LogP contribution in [0.4, 0.5) is 5.82 Å². The lowest BCUT2D eigenvalue weighted by Crippen LogP contribution is -2.36. The van der Waals surface area contributed by atoms with Crippen molar-refractivity contribution in [3.8, 4) is 6.01 Å². The Morgan fingerprint density at radius 3 is 3.19 bits per heavy atom. The van der Waals surface area contributed by atoms with E-state index >= 15 is 0 Å². The number of hydrogen-bond donors (Lipinski definition) is 1. The van der Waals surface area contributed by atoms with Crippen LogP contribution < -0.4 is 15.4 Å². The molecular weight excluding hydrogens is 228 g/mol. The third-order valence-electron chi connectivity index (χ3n) is 2.81. The van der Waals surface area contributed by atoms with Crippen molar-refractivity contribution < 1.29 is 4.74 Å². The highest BCUT2D eigenvalue weighted by molar-refractivity contribution is 6.32. The average molecular weight is 243 g/mol. The van der Waals surface area contributed by atoms with Gasteiger partial charge in [0.15, 0.2) is 5.82 Å². The minimum Gasteiger partial charge on any atom is -0.467 e. The molecular formula is C10H15ClN4O. The van der Waals surface area contributed by atoms with E-state index in [9.17, 15) is 0 Å². The first-order valence-corrected chi connectivity index (χ1v) is 5.67. The molecule has 0 amide bonds. The molecule has 1 aromatic rings. The van der Waals surface area contributed by atoms with Crippen LogP contribution in [0.2, 0.25) is 5.02 Å². The van der Waals surface area contributed by atoms with E-state index in [0.29, 0.717) is 23.6 Å². The lowest BCUT2D eigenvalue weighted by atomic mass is 10.2. The van der Waals surface area contributed by atoms with Crippen molar-refractivity contribution in [2.45, 2.75) is 18.9 Å². The van der Waals surface area contributed by atoms with Gasteiger partial charge in [-0.3, -0.25) is 0 Å². The summed E-state index contributed by atoms with van der Waals surface area (Å²) in [6, 6.07) is 0.652. The summed E-state index contributed by atoms with van der Waals surface area (Å²) in [5.41, 5.74) is 5.72.